The molecule has 4 heteroatoms. The summed E-state index contributed by atoms with van der Waals surface area (Å²) in [5, 5.41) is 12.1. The lowest BCUT2D eigenvalue weighted by atomic mass is 10.1. The zero-order chi connectivity index (χ0) is 11.8. The van der Waals surface area contributed by atoms with E-state index in [4.69, 9.17) is 6.42 Å². The number of terminal acetylenes is 1. The fourth-order valence-electron chi connectivity index (χ4n) is 2.04. The van der Waals surface area contributed by atoms with Crippen LogP contribution in [0.4, 0.5) is 0 Å². The Kier molecular flexibility index (Phi) is 5.91. The Balaban J connectivity index is 2.46. The molecule has 1 unspecified atom stereocenters. The molecular weight excluding hydrogens is 204 g/mol. The first-order valence-corrected chi connectivity index (χ1v) is 5.84. The maximum Gasteiger partial charge on any atom is 0.236 e. The number of likely N-dealkylation sites (tertiary alicyclic amines) is 1. The minimum Gasteiger partial charge on any atom is -0.394 e. The first-order chi connectivity index (χ1) is 7.79. The lowest BCUT2D eigenvalue weighted by molar-refractivity contribution is -0.133. The van der Waals surface area contributed by atoms with Crippen LogP contribution in [0.3, 0.4) is 0 Å². The van der Waals surface area contributed by atoms with Gasteiger partial charge in [0, 0.05) is 6.54 Å². The maximum absolute atomic E-state index is 11.9. The number of hydrogen-bond acceptors (Lipinski definition) is 3. The molecule has 0 aliphatic carbocycles. The molecule has 1 atom stereocenters. The van der Waals surface area contributed by atoms with Gasteiger partial charge in [0.2, 0.25) is 5.91 Å². The third kappa shape index (κ3) is 3.84. The number of aliphatic hydroxyl groups excluding tert-OH is 1. The number of nitrogens with one attached hydrogen (secondary N) is 1. The molecule has 0 spiro atoms. The second kappa shape index (κ2) is 7.26. The van der Waals surface area contributed by atoms with Gasteiger partial charge in [0.25, 0.3) is 0 Å². The van der Waals surface area contributed by atoms with Crippen LogP contribution in [0.25, 0.3) is 0 Å². The third-order valence-electron chi connectivity index (χ3n) is 2.91. The van der Waals surface area contributed by atoms with Crippen molar-refractivity contribution in [1.29, 1.82) is 0 Å². The predicted octanol–water partition coefficient (Wildman–Crippen LogP) is -0.0273. The van der Waals surface area contributed by atoms with Crippen LogP contribution in [0, 0.1) is 12.3 Å². The summed E-state index contributed by atoms with van der Waals surface area (Å²) >= 11 is 0. The maximum atomic E-state index is 11.9. The van der Waals surface area contributed by atoms with E-state index >= 15 is 0 Å². The minimum atomic E-state index is -0.0114. The summed E-state index contributed by atoms with van der Waals surface area (Å²) in [6.07, 6.45) is 9.25. The summed E-state index contributed by atoms with van der Waals surface area (Å²) in [4.78, 5) is 13.7. The van der Waals surface area contributed by atoms with Crippen LogP contribution in [0.5, 0.6) is 0 Å². The van der Waals surface area contributed by atoms with E-state index in [-0.39, 0.29) is 25.1 Å². The first-order valence-electron chi connectivity index (χ1n) is 5.84. The van der Waals surface area contributed by atoms with Gasteiger partial charge in [-0.05, 0) is 12.8 Å². The number of carbonyl (C=O) groups is 1. The summed E-state index contributed by atoms with van der Waals surface area (Å²) < 4.78 is 0. The summed E-state index contributed by atoms with van der Waals surface area (Å²) in [6.45, 7) is 1.48. The fraction of sp³-hybridized carbons (Fsp3) is 0.750. The van der Waals surface area contributed by atoms with Gasteiger partial charge in [-0.3, -0.25) is 10.1 Å². The van der Waals surface area contributed by atoms with Crippen molar-refractivity contribution >= 4 is 5.91 Å². The van der Waals surface area contributed by atoms with Crippen LogP contribution in [-0.4, -0.2) is 48.2 Å². The Morgan fingerprint density at radius 3 is 3.00 bits per heavy atom. The van der Waals surface area contributed by atoms with Crippen molar-refractivity contribution in [2.45, 2.75) is 31.7 Å². The van der Waals surface area contributed by atoms with E-state index < -0.39 is 0 Å². The van der Waals surface area contributed by atoms with Crippen molar-refractivity contribution in [2.24, 2.45) is 0 Å². The molecule has 1 saturated heterocycles. The van der Waals surface area contributed by atoms with Gasteiger partial charge in [-0.1, -0.05) is 18.8 Å². The van der Waals surface area contributed by atoms with Crippen molar-refractivity contribution in [1.82, 2.24) is 10.2 Å². The van der Waals surface area contributed by atoms with Crippen molar-refractivity contribution in [3.63, 3.8) is 0 Å². The van der Waals surface area contributed by atoms with Crippen molar-refractivity contribution < 1.29 is 9.90 Å². The second-order valence-corrected chi connectivity index (χ2v) is 4.08. The Hall–Kier alpha value is -1.05. The van der Waals surface area contributed by atoms with E-state index in [0.29, 0.717) is 6.54 Å². The standard InChI is InChI=1S/C12H20N2O2/c1-2-7-13-9-12(16)14-8-5-3-4-6-11(14)10-15/h1,11,13,15H,3-10H2. The number of rotatable bonds is 4. The first kappa shape index (κ1) is 13.0. The van der Waals surface area contributed by atoms with Crippen LogP contribution in [0.2, 0.25) is 0 Å². The molecule has 0 bridgehead atoms. The van der Waals surface area contributed by atoms with Crippen LogP contribution >= 0.6 is 0 Å². The van der Waals surface area contributed by atoms with Crippen molar-refractivity contribution in [3.05, 3.63) is 0 Å². The molecule has 1 fully saturated rings. The van der Waals surface area contributed by atoms with Gasteiger partial charge in [0.05, 0.1) is 25.7 Å². The number of carbonyl (C=O) groups excluding carboxylic acids is 1. The summed E-state index contributed by atoms with van der Waals surface area (Å²) in [5.41, 5.74) is 0. The number of nitrogens with zero attached hydrogens (tertiary/aromatic N) is 1. The van der Waals surface area contributed by atoms with Gasteiger partial charge in [0.15, 0.2) is 0 Å². The Labute approximate surface area is 97.0 Å². The van der Waals surface area contributed by atoms with E-state index in [1.807, 2.05) is 0 Å². The second-order valence-electron chi connectivity index (χ2n) is 4.08. The molecule has 2 N–H and O–H groups in total. The van der Waals surface area contributed by atoms with Crippen molar-refractivity contribution in [2.75, 3.05) is 26.2 Å². The van der Waals surface area contributed by atoms with E-state index in [1.165, 1.54) is 0 Å². The molecule has 16 heavy (non-hydrogen) atoms. The molecule has 1 aliphatic rings. The highest BCUT2D eigenvalue weighted by atomic mass is 16.3. The summed E-state index contributed by atoms with van der Waals surface area (Å²) in [6, 6.07) is -0.0114. The molecule has 0 radical (unpaired) electrons. The quantitative estimate of drug-likeness (QED) is 0.521. The topological polar surface area (TPSA) is 52.6 Å². The lowest BCUT2D eigenvalue weighted by Crippen LogP contribution is -2.46. The Morgan fingerprint density at radius 1 is 1.50 bits per heavy atom. The van der Waals surface area contributed by atoms with Crippen LogP contribution in [0.1, 0.15) is 25.7 Å². The van der Waals surface area contributed by atoms with Gasteiger partial charge >= 0.3 is 0 Å². The largest absolute Gasteiger partial charge is 0.394 e. The molecule has 0 aromatic carbocycles. The number of hydrogen-bond donors (Lipinski definition) is 2. The van der Waals surface area contributed by atoms with Crippen LogP contribution < -0.4 is 5.32 Å². The molecule has 1 heterocycles. The average Bonchev–Trinajstić information content (AvgIpc) is 2.54. The predicted molar refractivity (Wildman–Crippen MR) is 62.8 cm³/mol. The summed E-state index contributed by atoms with van der Waals surface area (Å²) in [5.74, 6) is 2.47. The van der Waals surface area contributed by atoms with Crippen LogP contribution in [-0.2, 0) is 4.79 Å². The normalized spacial score (nSPS) is 21.2. The number of amides is 1. The lowest BCUT2D eigenvalue weighted by Gasteiger charge is -2.28. The zero-order valence-electron chi connectivity index (χ0n) is 9.61. The Bertz CT molecular complexity index is 260. The Morgan fingerprint density at radius 2 is 2.31 bits per heavy atom. The van der Waals surface area contributed by atoms with Gasteiger partial charge in [-0.25, -0.2) is 0 Å². The highest BCUT2D eigenvalue weighted by Crippen LogP contribution is 2.16. The zero-order valence-corrected chi connectivity index (χ0v) is 9.61. The minimum absolute atomic E-state index is 0.0114. The average molecular weight is 224 g/mol. The molecule has 0 aromatic heterocycles. The molecule has 1 amide bonds. The smallest absolute Gasteiger partial charge is 0.236 e. The van der Waals surface area contributed by atoms with Crippen LogP contribution in [0.15, 0.2) is 0 Å². The molecule has 0 aromatic rings. The summed E-state index contributed by atoms with van der Waals surface area (Å²) in [7, 11) is 0. The van der Waals surface area contributed by atoms with Gasteiger partial charge < -0.3 is 10.0 Å². The van der Waals surface area contributed by atoms with Gasteiger partial charge in [-0.2, -0.15) is 0 Å². The highest BCUT2D eigenvalue weighted by molar-refractivity contribution is 5.78. The fourth-order valence-corrected chi connectivity index (χ4v) is 2.04. The molecule has 90 valence electrons. The van der Waals surface area contributed by atoms with Crippen molar-refractivity contribution in [3.8, 4) is 12.3 Å². The van der Waals surface area contributed by atoms with E-state index in [9.17, 15) is 9.90 Å². The number of aliphatic hydroxyl groups is 1. The molecule has 0 saturated carbocycles. The molecular formula is C12H20N2O2. The monoisotopic (exact) mass is 224 g/mol. The van der Waals surface area contributed by atoms with E-state index in [1.54, 1.807) is 4.90 Å². The highest BCUT2D eigenvalue weighted by Gasteiger charge is 2.23. The van der Waals surface area contributed by atoms with Gasteiger partial charge in [-0.15, -0.1) is 6.42 Å². The van der Waals surface area contributed by atoms with E-state index in [0.717, 1.165) is 32.2 Å². The van der Waals surface area contributed by atoms with Gasteiger partial charge in [0.1, 0.15) is 0 Å². The SMILES string of the molecule is C#CCNCC(=O)N1CCCCCC1CO. The van der Waals surface area contributed by atoms with E-state index in [2.05, 4.69) is 11.2 Å². The molecule has 4 nitrogen and oxygen atoms in total. The molecule has 1 aliphatic heterocycles. The third-order valence-corrected chi connectivity index (χ3v) is 2.91. The molecule has 1 rings (SSSR count).